The fraction of sp³-hybridized carbons (Fsp3) is 0.875. The molecule has 1 aliphatic heterocycles. The second kappa shape index (κ2) is 5.61. The summed E-state index contributed by atoms with van der Waals surface area (Å²) in [6, 6.07) is 0. The Morgan fingerprint density at radius 1 is 1.00 bits per heavy atom. The van der Waals surface area contributed by atoms with E-state index in [0.717, 1.165) is 5.92 Å². The van der Waals surface area contributed by atoms with Crippen LogP contribution < -0.4 is 0 Å². The van der Waals surface area contributed by atoms with Gasteiger partial charge in [-0.2, -0.15) is 0 Å². The molecule has 0 spiro atoms. The van der Waals surface area contributed by atoms with Gasteiger partial charge < -0.3 is 9.31 Å². The summed E-state index contributed by atoms with van der Waals surface area (Å²) in [4.78, 5) is 0. The highest BCUT2D eigenvalue weighted by Gasteiger charge is 2.54. The number of hydrogen-bond acceptors (Lipinski definition) is 2. The van der Waals surface area contributed by atoms with E-state index in [2.05, 4.69) is 46.8 Å². The molecule has 2 rings (SSSR count). The van der Waals surface area contributed by atoms with Gasteiger partial charge in [0.2, 0.25) is 0 Å². The lowest BCUT2D eigenvalue weighted by Crippen LogP contribution is -2.41. The molecular formula is C16H29BO2. The quantitative estimate of drug-likeness (QED) is 0.547. The lowest BCUT2D eigenvalue weighted by Gasteiger charge is -2.32. The Kier molecular flexibility index (Phi) is 4.47. The van der Waals surface area contributed by atoms with Crippen LogP contribution in [0.3, 0.4) is 0 Å². The van der Waals surface area contributed by atoms with E-state index in [1.54, 1.807) is 0 Å². The summed E-state index contributed by atoms with van der Waals surface area (Å²) in [6.45, 7) is 10.7. The molecule has 1 aliphatic carbocycles. The van der Waals surface area contributed by atoms with Crippen molar-refractivity contribution in [3.05, 3.63) is 12.2 Å². The highest BCUT2D eigenvalue weighted by Crippen LogP contribution is 2.45. The number of allylic oxidation sites excluding steroid dienone is 2. The van der Waals surface area contributed by atoms with Crippen LogP contribution in [0.4, 0.5) is 0 Å². The van der Waals surface area contributed by atoms with E-state index in [1.165, 1.54) is 32.1 Å². The number of rotatable bonds is 3. The normalized spacial score (nSPS) is 29.0. The van der Waals surface area contributed by atoms with Crippen molar-refractivity contribution >= 4 is 7.12 Å². The van der Waals surface area contributed by atoms with Crippen LogP contribution in [0, 0.1) is 5.92 Å². The van der Waals surface area contributed by atoms with Gasteiger partial charge in [-0.3, -0.25) is 0 Å². The van der Waals surface area contributed by atoms with Crippen molar-refractivity contribution in [1.82, 2.24) is 0 Å². The van der Waals surface area contributed by atoms with Crippen molar-refractivity contribution in [1.29, 1.82) is 0 Å². The molecule has 0 unspecified atom stereocenters. The van der Waals surface area contributed by atoms with Crippen molar-refractivity contribution in [3.63, 3.8) is 0 Å². The summed E-state index contributed by atoms with van der Waals surface area (Å²) in [5.41, 5.74) is -0.432. The number of hydrogen-bond donors (Lipinski definition) is 0. The predicted octanol–water partition coefficient (Wildman–Crippen LogP) is 4.61. The van der Waals surface area contributed by atoms with E-state index < -0.39 is 0 Å². The Morgan fingerprint density at radius 3 is 2.00 bits per heavy atom. The van der Waals surface area contributed by atoms with E-state index in [9.17, 15) is 0 Å². The molecule has 2 nitrogen and oxygen atoms in total. The van der Waals surface area contributed by atoms with Gasteiger partial charge in [0.05, 0.1) is 11.2 Å². The maximum atomic E-state index is 6.26. The Labute approximate surface area is 119 Å². The first-order valence-corrected chi connectivity index (χ1v) is 7.86. The van der Waals surface area contributed by atoms with Gasteiger partial charge in [-0.05, 0) is 40.5 Å². The van der Waals surface area contributed by atoms with Crippen LogP contribution in [0.15, 0.2) is 12.2 Å². The highest BCUT2D eigenvalue weighted by atomic mass is 16.7. The van der Waals surface area contributed by atoms with Gasteiger partial charge in [0.1, 0.15) is 0 Å². The molecule has 0 amide bonds. The van der Waals surface area contributed by atoms with Crippen LogP contribution in [0.5, 0.6) is 0 Å². The maximum absolute atomic E-state index is 6.26. The topological polar surface area (TPSA) is 18.5 Å². The Balaban J connectivity index is 2.12. The summed E-state index contributed by atoms with van der Waals surface area (Å²) < 4.78 is 12.5. The van der Waals surface area contributed by atoms with Gasteiger partial charge in [-0.15, -0.1) is 0 Å². The van der Waals surface area contributed by atoms with Crippen molar-refractivity contribution in [3.8, 4) is 0 Å². The Morgan fingerprint density at radius 2 is 1.53 bits per heavy atom. The molecule has 1 atom stereocenters. The fourth-order valence-corrected chi connectivity index (χ4v) is 3.26. The predicted molar refractivity (Wildman–Crippen MR) is 81.2 cm³/mol. The molecule has 1 saturated carbocycles. The van der Waals surface area contributed by atoms with E-state index in [0.29, 0.717) is 5.82 Å². The maximum Gasteiger partial charge on any atom is 0.465 e. The standard InChI is InChI=1S/C16H29BO2/c1-6-10-14(13-11-8-7-9-12-13)17-18-15(2,3)16(4,5)19-17/h6,10,13-14H,7-9,11-12H2,1-5H3/b10-6+/t14-/m0/s1. The average molecular weight is 264 g/mol. The third kappa shape index (κ3) is 3.08. The first-order valence-electron chi connectivity index (χ1n) is 7.86. The van der Waals surface area contributed by atoms with Gasteiger partial charge >= 0.3 is 7.12 Å². The van der Waals surface area contributed by atoms with Crippen LogP contribution in [-0.2, 0) is 9.31 Å². The minimum atomic E-state index is -0.216. The molecule has 0 aromatic rings. The minimum absolute atomic E-state index is 0.0794. The summed E-state index contributed by atoms with van der Waals surface area (Å²) in [6.07, 6.45) is 11.2. The zero-order valence-corrected chi connectivity index (χ0v) is 13.2. The van der Waals surface area contributed by atoms with Gasteiger partial charge in [0, 0.05) is 5.82 Å². The second-order valence-electron chi connectivity index (χ2n) is 7.13. The monoisotopic (exact) mass is 264 g/mol. The van der Waals surface area contributed by atoms with Crippen molar-refractivity contribution in [2.24, 2.45) is 5.92 Å². The molecule has 0 bridgehead atoms. The third-order valence-corrected chi connectivity index (χ3v) is 5.19. The fourth-order valence-electron chi connectivity index (χ4n) is 3.26. The zero-order chi connectivity index (χ0) is 14.1. The molecule has 1 saturated heterocycles. The van der Waals surface area contributed by atoms with Gasteiger partial charge in [-0.1, -0.05) is 44.3 Å². The van der Waals surface area contributed by atoms with Gasteiger partial charge in [0.25, 0.3) is 0 Å². The molecule has 2 aliphatic rings. The van der Waals surface area contributed by atoms with Gasteiger partial charge in [0.15, 0.2) is 0 Å². The lowest BCUT2D eigenvalue weighted by atomic mass is 9.61. The SMILES string of the molecule is C/C=C/[C@H](B1OC(C)(C)C(C)(C)O1)C1CCCCC1. The second-order valence-corrected chi connectivity index (χ2v) is 7.13. The summed E-state index contributed by atoms with van der Waals surface area (Å²) in [7, 11) is -0.0794. The van der Waals surface area contributed by atoms with Gasteiger partial charge in [-0.25, -0.2) is 0 Å². The van der Waals surface area contributed by atoms with Crippen molar-refractivity contribution in [2.75, 3.05) is 0 Å². The van der Waals surface area contributed by atoms with E-state index in [1.807, 2.05) is 0 Å². The molecule has 1 heterocycles. The van der Waals surface area contributed by atoms with Crippen LogP contribution in [0.2, 0.25) is 5.82 Å². The molecule has 19 heavy (non-hydrogen) atoms. The molecule has 2 fully saturated rings. The molecular weight excluding hydrogens is 235 g/mol. The largest absolute Gasteiger partial charge is 0.465 e. The molecule has 0 aromatic heterocycles. The van der Waals surface area contributed by atoms with Crippen molar-refractivity contribution < 1.29 is 9.31 Å². The van der Waals surface area contributed by atoms with Crippen LogP contribution in [-0.4, -0.2) is 18.3 Å². The molecule has 3 heteroatoms. The van der Waals surface area contributed by atoms with E-state index in [-0.39, 0.29) is 18.3 Å². The zero-order valence-electron chi connectivity index (χ0n) is 13.2. The smallest absolute Gasteiger partial charge is 0.403 e. The first-order chi connectivity index (χ1) is 8.87. The lowest BCUT2D eigenvalue weighted by molar-refractivity contribution is 0.00578. The molecule has 0 radical (unpaired) electrons. The van der Waals surface area contributed by atoms with E-state index in [4.69, 9.17) is 9.31 Å². The van der Waals surface area contributed by atoms with E-state index >= 15 is 0 Å². The molecule has 108 valence electrons. The average Bonchev–Trinajstić information content (AvgIpc) is 2.56. The Bertz CT molecular complexity index is 314. The third-order valence-electron chi connectivity index (χ3n) is 5.19. The van der Waals surface area contributed by atoms with Crippen LogP contribution in [0.25, 0.3) is 0 Å². The molecule has 0 N–H and O–H groups in total. The molecule has 0 aromatic carbocycles. The van der Waals surface area contributed by atoms with Crippen molar-refractivity contribution in [2.45, 2.75) is 83.7 Å². The van der Waals surface area contributed by atoms with Crippen LogP contribution in [0.1, 0.15) is 66.7 Å². The minimum Gasteiger partial charge on any atom is -0.403 e. The Hall–Kier alpha value is -0.275. The highest BCUT2D eigenvalue weighted by molar-refractivity contribution is 6.48. The summed E-state index contributed by atoms with van der Waals surface area (Å²) in [5.74, 6) is 1.13. The first kappa shape index (κ1) is 15.1. The summed E-state index contributed by atoms with van der Waals surface area (Å²) >= 11 is 0. The van der Waals surface area contributed by atoms with Crippen LogP contribution >= 0.6 is 0 Å². The summed E-state index contributed by atoms with van der Waals surface area (Å²) in [5, 5.41) is 0.